The summed E-state index contributed by atoms with van der Waals surface area (Å²) < 4.78 is 18.3. The van der Waals surface area contributed by atoms with Crippen molar-refractivity contribution in [1.29, 1.82) is 0 Å². The standard InChI is InChI=1S/C12H15FO3/c1-7-4-9(5-8(2)12(14)15)11(16-3)6-10(7)13/h4,6,8H,5H2,1-3H3,(H,14,15). The zero-order chi connectivity index (χ0) is 12.3. The molecule has 88 valence electrons. The number of rotatable bonds is 4. The summed E-state index contributed by atoms with van der Waals surface area (Å²) in [6.45, 7) is 3.25. The average Bonchev–Trinajstić information content (AvgIpc) is 2.22. The van der Waals surface area contributed by atoms with E-state index in [-0.39, 0.29) is 5.82 Å². The Balaban J connectivity index is 3.03. The number of hydrogen-bond donors (Lipinski definition) is 1. The SMILES string of the molecule is COc1cc(F)c(C)cc1CC(C)C(=O)O. The summed E-state index contributed by atoms with van der Waals surface area (Å²) in [4.78, 5) is 10.7. The van der Waals surface area contributed by atoms with Crippen LogP contribution in [0.3, 0.4) is 0 Å². The van der Waals surface area contributed by atoms with Crippen molar-refractivity contribution in [3.63, 3.8) is 0 Å². The molecule has 0 fully saturated rings. The van der Waals surface area contributed by atoms with Gasteiger partial charge in [-0.05, 0) is 30.5 Å². The Morgan fingerprint density at radius 1 is 1.56 bits per heavy atom. The van der Waals surface area contributed by atoms with Crippen molar-refractivity contribution in [2.24, 2.45) is 5.92 Å². The lowest BCUT2D eigenvalue weighted by molar-refractivity contribution is -0.141. The van der Waals surface area contributed by atoms with E-state index in [1.54, 1.807) is 19.9 Å². The highest BCUT2D eigenvalue weighted by atomic mass is 19.1. The number of carboxylic acids is 1. The maximum atomic E-state index is 13.2. The van der Waals surface area contributed by atoms with Crippen molar-refractivity contribution in [3.05, 3.63) is 29.1 Å². The van der Waals surface area contributed by atoms with Crippen molar-refractivity contribution < 1.29 is 19.0 Å². The van der Waals surface area contributed by atoms with Crippen molar-refractivity contribution in [1.82, 2.24) is 0 Å². The minimum atomic E-state index is -0.871. The highest BCUT2D eigenvalue weighted by molar-refractivity contribution is 5.70. The highest BCUT2D eigenvalue weighted by Crippen LogP contribution is 2.25. The molecule has 1 atom stereocenters. The minimum absolute atomic E-state index is 0.333. The van der Waals surface area contributed by atoms with E-state index in [1.807, 2.05) is 0 Å². The molecule has 1 unspecified atom stereocenters. The molecule has 1 aromatic rings. The Morgan fingerprint density at radius 3 is 2.69 bits per heavy atom. The lowest BCUT2D eigenvalue weighted by Crippen LogP contribution is -2.13. The monoisotopic (exact) mass is 226 g/mol. The molecule has 0 aliphatic carbocycles. The van der Waals surface area contributed by atoms with Crippen LogP contribution in [-0.4, -0.2) is 18.2 Å². The number of aliphatic carboxylic acids is 1. The van der Waals surface area contributed by atoms with Crippen molar-refractivity contribution in [2.45, 2.75) is 20.3 Å². The van der Waals surface area contributed by atoms with Crippen molar-refractivity contribution in [3.8, 4) is 5.75 Å². The van der Waals surface area contributed by atoms with E-state index >= 15 is 0 Å². The highest BCUT2D eigenvalue weighted by Gasteiger charge is 2.16. The van der Waals surface area contributed by atoms with Gasteiger partial charge in [-0.1, -0.05) is 6.92 Å². The molecule has 0 aliphatic rings. The molecule has 0 amide bonds. The second kappa shape index (κ2) is 4.96. The molecule has 16 heavy (non-hydrogen) atoms. The molecule has 0 spiro atoms. The number of methoxy groups -OCH3 is 1. The van der Waals surface area contributed by atoms with Crippen LogP contribution < -0.4 is 4.74 Å². The van der Waals surface area contributed by atoms with Gasteiger partial charge in [0.05, 0.1) is 13.0 Å². The molecule has 0 aliphatic heterocycles. The van der Waals surface area contributed by atoms with Crippen LogP contribution in [0.25, 0.3) is 0 Å². The third-order valence-corrected chi connectivity index (χ3v) is 2.51. The summed E-state index contributed by atoms with van der Waals surface area (Å²) >= 11 is 0. The molecule has 3 nitrogen and oxygen atoms in total. The quantitative estimate of drug-likeness (QED) is 0.857. The third-order valence-electron chi connectivity index (χ3n) is 2.51. The molecule has 0 heterocycles. The van der Waals surface area contributed by atoms with Gasteiger partial charge in [0.15, 0.2) is 0 Å². The van der Waals surface area contributed by atoms with Gasteiger partial charge in [-0.2, -0.15) is 0 Å². The Bertz CT molecular complexity index is 401. The summed E-state index contributed by atoms with van der Waals surface area (Å²) in [5, 5.41) is 8.82. The summed E-state index contributed by atoms with van der Waals surface area (Å²) in [7, 11) is 1.44. The van der Waals surface area contributed by atoms with E-state index in [1.165, 1.54) is 13.2 Å². The normalized spacial score (nSPS) is 12.2. The molecule has 1 aromatic carbocycles. The molecule has 0 saturated carbocycles. The molecule has 0 bridgehead atoms. The fraction of sp³-hybridized carbons (Fsp3) is 0.417. The number of halogens is 1. The van der Waals surface area contributed by atoms with Crippen LogP contribution >= 0.6 is 0 Å². The smallest absolute Gasteiger partial charge is 0.306 e. The Morgan fingerprint density at radius 2 is 2.19 bits per heavy atom. The van der Waals surface area contributed by atoms with E-state index < -0.39 is 11.9 Å². The van der Waals surface area contributed by atoms with Gasteiger partial charge in [0.1, 0.15) is 11.6 Å². The maximum Gasteiger partial charge on any atom is 0.306 e. The zero-order valence-corrected chi connectivity index (χ0v) is 9.58. The molecule has 0 radical (unpaired) electrons. The lowest BCUT2D eigenvalue weighted by atomic mass is 9.99. The third kappa shape index (κ3) is 2.72. The first-order valence-corrected chi connectivity index (χ1v) is 5.01. The van der Waals surface area contributed by atoms with Gasteiger partial charge >= 0.3 is 5.97 Å². The Hall–Kier alpha value is -1.58. The summed E-state index contributed by atoms with van der Waals surface area (Å²) in [5.41, 5.74) is 1.21. The number of aryl methyl sites for hydroxylation is 1. The van der Waals surface area contributed by atoms with Crippen LogP contribution in [0.5, 0.6) is 5.75 Å². The van der Waals surface area contributed by atoms with E-state index in [2.05, 4.69) is 0 Å². The van der Waals surface area contributed by atoms with Gasteiger partial charge in [-0.15, -0.1) is 0 Å². The van der Waals surface area contributed by atoms with E-state index in [9.17, 15) is 9.18 Å². The van der Waals surface area contributed by atoms with Gasteiger partial charge in [-0.3, -0.25) is 4.79 Å². The Kier molecular flexibility index (Phi) is 3.88. The lowest BCUT2D eigenvalue weighted by Gasteiger charge is -2.12. The van der Waals surface area contributed by atoms with Gasteiger partial charge in [-0.25, -0.2) is 4.39 Å². The van der Waals surface area contributed by atoms with Gasteiger partial charge < -0.3 is 9.84 Å². The summed E-state index contributed by atoms with van der Waals surface area (Å²) in [6.07, 6.45) is 0.333. The first-order valence-electron chi connectivity index (χ1n) is 5.01. The predicted molar refractivity (Wildman–Crippen MR) is 58.2 cm³/mol. The summed E-state index contributed by atoms with van der Waals surface area (Å²) in [5.74, 6) is -1.33. The molecular weight excluding hydrogens is 211 g/mol. The number of benzene rings is 1. The van der Waals surface area contributed by atoms with Crippen LogP contribution in [0.2, 0.25) is 0 Å². The van der Waals surface area contributed by atoms with Crippen LogP contribution in [0.4, 0.5) is 4.39 Å². The second-order valence-corrected chi connectivity index (χ2v) is 3.86. The molecular formula is C12H15FO3. The van der Waals surface area contributed by atoms with E-state index in [0.717, 1.165) is 5.56 Å². The van der Waals surface area contributed by atoms with Crippen LogP contribution in [0.15, 0.2) is 12.1 Å². The molecule has 1 rings (SSSR count). The topological polar surface area (TPSA) is 46.5 Å². The first kappa shape index (κ1) is 12.5. The molecule has 0 aromatic heterocycles. The molecule has 4 heteroatoms. The van der Waals surface area contributed by atoms with Crippen LogP contribution in [-0.2, 0) is 11.2 Å². The Labute approximate surface area is 93.9 Å². The fourth-order valence-corrected chi connectivity index (χ4v) is 1.49. The predicted octanol–water partition coefficient (Wildman–Crippen LogP) is 2.41. The average molecular weight is 226 g/mol. The fourth-order valence-electron chi connectivity index (χ4n) is 1.49. The number of carboxylic acid groups (broad SMARTS) is 1. The number of carbonyl (C=O) groups is 1. The summed E-state index contributed by atoms with van der Waals surface area (Å²) in [6, 6.07) is 2.92. The van der Waals surface area contributed by atoms with E-state index in [0.29, 0.717) is 17.7 Å². The van der Waals surface area contributed by atoms with Crippen molar-refractivity contribution >= 4 is 5.97 Å². The first-order chi connectivity index (χ1) is 7.45. The van der Waals surface area contributed by atoms with Gasteiger partial charge in [0, 0.05) is 6.07 Å². The number of hydrogen-bond acceptors (Lipinski definition) is 2. The number of ether oxygens (including phenoxy) is 1. The minimum Gasteiger partial charge on any atom is -0.496 e. The van der Waals surface area contributed by atoms with E-state index in [4.69, 9.17) is 9.84 Å². The molecule has 0 saturated heterocycles. The zero-order valence-electron chi connectivity index (χ0n) is 9.58. The van der Waals surface area contributed by atoms with Gasteiger partial charge in [0.2, 0.25) is 0 Å². The second-order valence-electron chi connectivity index (χ2n) is 3.86. The molecule has 1 N–H and O–H groups in total. The largest absolute Gasteiger partial charge is 0.496 e. The van der Waals surface area contributed by atoms with Crippen LogP contribution in [0, 0.1) is 18.7 Å². The maximum absolute atomic E-state index is 13.2. The van der Waals surface area contributed by atoms with Crippen LogP contribution in [0.1, 0.15) is 18.1 Å². The van der Waals surface area contributed by atoms with Gasteiger partial charge in [0.25, 0.3) is 0 Å². The van der Waals surface area contributed by atoms with Crippen molar-refractivity contribution in [2.75, 3.05) is 7.11 Å².